The Bertz CT molecular complexity index is 628. The summed E-state index contributed by atoms with van der Waals surface area (Å²) in [6.45, 7) is 3.72. The first-order valence-electron chi connectivity index (χ1n) is 10.2. The van der Waals surface area contributed by atoms with Crippen molar-refractivity contribution in [3.63, 3.8) is 0 Å². The Kier molecular flexibility index (Phi) is 7.22. The number of ether oxygens (including phenoxy) is 1. The van der Waals surface area contributed by atoms with Crippen molar-refractivity contribution in [3.8, 4) is 0 Å². The number of carbonyl (C=O) groups is 2. The minimum atomic E-state index is -0.437. The first-order valence-corrected chi connectivity index (χ1v) is 11.3. The zero-order chi connectivity index (χ0) is 19.2. The largest absolute Gasteiger partial charge is 0.461 e. The lowest BCUT2D eigenvalue weighted by molar-refractivity contribution is -0.158. The molecule has 4 nitrogen and oxygen atoms in total. The SMILES string of the molecule is CC(C)OC(=O)[C@H]1CS[C@@H](CCc2ccccc2)N1C(=O)C1CCCCC1. The molecule has 2 aliphatic rings. The number of esters is 1. The topological polar surface area (TPSA) is 46.6 Å². The molecule has 5 heteroatoms. The molecule has 1 amide bonds. The van der Waals surface area contributed by atoms with Gasteiger partial charge in [0.2, 0.25) is 5.91 Å². The van der Waals surface area contributed by atoms with Crippen LogP contribution in [0.4, 0.5) is 0 Å². The third-order valence-electron chi connectivity index (χ3n) is 5.45. The van der Waals surface area contributed by atoms with Crippen LogP contribution in [-0.2, 0) is 20.7 Å². The highest BCUT2D eigenvalue weighted by molar-refractivity contribution is 8.00. The van der Waals surface area contributed by atoms with Gasteiger partial charge >= 0.3 is 5.97 Å². The molecule has 0 bridgehead atoms. The van der Waals surface area contributed by atoms with Gasteiger partial charge in [-0.3, -0.25) is 4.79 Å². The Morgan fingerprint density at radius 3 is 2.52 bits per heavy atom. The van der Waals surface area contributed by atoms with Crippen molar-refractivity contribution in [2.45, 2.75) is 76.3 Å². The Balaban J connectivity index is 1.72. The average Bonchev–Trinajstić information content (AvgIpc) is 3.11. The second-order valence-electron chi connectivity index (χ2n) is 7.89. The number of carbonyl (C=O) groups excluding carboxylic acids is 2. The van der Waals surface area contributed by atoms with E-state index in [2.05, 4.69) is 12.1 Å². The Morgan fingerprint density at radius 2 is 1.85 bits per heavy atom. The molecule has 1 aromatic carbocycles. The van der Waals surface area contributed by atoms with Gasteiger partial charge in [0.25, 0.3) is 0 Å². The van der Waals surface area contributed by atoms with Crippen LogP contribution < -0.4 is 0 Å². The van der Waals surface area contributed by atoms with Gasteiger partial charge in [-0.2, -0.15) is 0 Å². The van der Waals surface area contributed by atoms with Gasteiger partial charge in [-0.05, 0) is 45.1 Å². The molecular formula is C22H31NO3S. The minimum absolute atomic E-state index is 0.0596. The van der Waals surface area contributed by atoms with E-state index in [1.807, 2.05) is 36.9 Å². The summed E-state index contributed by atoms with van der Waals surface area (Å²) < 4.78 is 5.47. The normalized spacial score (nSPS) is 23.6. The molecule has 0 aromatic heterocycles. The molecule has 0 spiro atoms. The molecule has 1 aliphatic carbocycles. The first kappa shape index (κ1) is 20.2. The van der Waals surface area contributed by atoms with E-state index < -0.39 is 6.04 Å². The van der Waals surface area contributed by atoms with E-state index in [9.17, 15) is 9.59 Å². The number of hydrogen-bond donors (Lipinski definition) is 0. The predicted molar refractivity (Wildman–Crippen MR) is 109 cm³/mol. The Labute approximate surface area is 167 Å². The summed E-state index contributed by atoms with van der Waals surface area (Å²) in [7, 11) is 0. The van der Waals surface area contributed by atoms with Crippen molar-refractivity contribution in [3.05, 3.63) is 35.9 Å². The van der Waals surface area contributed by atoms with Gasteiger partial charge in [0.05, 0.1) is 11.5 Å². The van der Waals surface area contributed by atoms with Gasteiger partial charge in [-0.1, -0.05) is 49.6 Å². The number of hydrogen-bond acceptors (Lipinski definition) is 4. The van der Waals surface area contributed by atoms with Crippen molar-refractivity contribution in [2.75, 3.05) is 5.75 Å². The Hall–Kier alpha value is -1.49. The molecular weight excluding hydrogens is 358 g/mol. The van der Waals surface area contributed by atoms with Gasteiger partial charge in [0.1, 0.15) is 6.04 Å². The molecule has 1 heterocycles. The fourth-order valence-electron chi connectivity index (χ4n) is 4.07. The highest BCUT2D eigenvalue weighted by atomic mass is 32.2. The molecule has 3 rings (SSSR count). The third kappa shape index (κ3) is 5.28. The van der Waals surface area contributed by atoms with E-state index >= 15 is 0 Å². The second-order valence-corrected chi connectivity index (χ2v) is 9.10. The van der Waals surface area contributed by atoms with Gasteiger partial charge in [-0.25, -0.2) is 4.79 Å². The van der Waals surface area contributed by atoms with Gasteiger partial charge < -0.3 is 9.64 Å². The van der Waals surface area contributed by atoms with Crippen LogP contribution in [0.25, 0.3) is 0 Å². The molecule has 27 heavy (non-hydrogen) atoms. The van der Waals surface area contributed by atoms with Gasteiger partial charge in [-0.15, -0.1) is 11.8 Å². The van der Waals surface area contributed by atoms with Crippen LogP contribution in [0.5, 0.6) is 0 Å². The summed E-state index contributed by atoms with van der Waals surface area (Å²) in [5, 5.41) is 0.0596. The lowest BCUT2D eigenvalue weighted by Gasteiger charge is -2.33. The number of aryl methyl sites for hydroxylation is 1. The van der Waals surface area contributed by atoms with E-state index in [4.69, 9.17) is 4.74 Å². The molecule has 0 N–H and O–H groups in total. The summed E-state index contributed by atoms with van der Waals surface area (Å²) in [4.78, 5) is 27.9. The van der Waals surface area contributed by atoms with Gasteiger partial charge in [0, 0.05) is 11.7 Å². The molecule has 1 aromatic rings. The molecule has 148 valence electrons. The van der Waals surface area contributed by atoms with E-state index in [-0.39, 0.29) is 29.3 Å². The van der Waals surface area contributed by atoms with Crippen LogP contribution in [0.2, 0.25) is 0 Å². The van der Waals surface area contributed by atoms with Crippen molar-refractivity contribution < 1.29 is 14.3 Å². The quantitative estimate of drug-likeness (QED) is 0.676. The zero-order valence-corrected chi connectivity index (χ0v) is 17.2. The van der Waals surface area contributed by atoms with E-state index in [0.717, 1.165) is 38.5 Å². The standard InChI is InChI=1S/C22H31NO3S/c1-16(2)26-22(25)19-15-27-20(14-13-17-9-5-3-6-10-17)23(19)21(24)18-11-7-4-8-12-18/h3,5-6,9-10,16,18-20H,4,7-8,11-15H2,1-2H3/t19-,20+/m1/s1. The summed E-state index contributed by atoms with van der Waals surface area (Å²) in [5.41, 5.74) is 1.27. The molecule has 1 aliphatic heterocycles. The van der Waals surface area contributed by atoms with Crippen LogP contribution in [0, 0.1) is 5.92 Å². The predicted octanol–water partition coefficient (Wildman–Crippen LogP) is 4.42. The summed E-state index contributed by atoms with van der Waals surface area (Å²) in [6.07, 6.45) is 7.00. The average molecular weight is 390 g/mol. The van der Waals surface area contributed by atoms with Crippen LogP contribution in [0.1, 0.15) is 57.9 Å². The fourth-order valence-corrected chi connectivity index (χ4v) is 5.47. The maximum Gasteiger partial charge on any atom is 0.330 e. The maximum absolute atomic E-state index is 13.3. The number of benzene rings is 1. The van der Waals surface area contributed by atoms with Crippen molar-refractivity contribution in [1.82, 2.24) is 4.90 Å². The summed E-state index contributed by atoms with van der Waals surface area (Å²) in [5.74, 6) is 0.641. The minimum Gasteiger partial charge on any atom is -0.461 e. The molecule has 1 saturated carbocycles. The smallest absolute Gasteiger partial charge is 0.330 e. The second kappa shape index (κ2) is 9.63. The van der Waals surface area contributed by atoms with E-state index in [1.165, 1.54) is 12.0 Å². The Morgan fingerprint density at radius 1 is 1.15 bits per heavy atom. The lowest BCUT2D eigenvalue weighted by Crippen LogP contribution is -2.49. The highest BCUT2D eigenvalue weighted by Crippen LogP contribution is 2.36. The number of thioether (sulfide) groups is 1. The molecule has 2 atom stereocenters. The van der Waals surface area contributed by atoms with E-state index in [1.54, 1.807) is 11.8 Å². The zero-order valence-electron chi connectivity index (χ0n) is 16.4. The summed E-state index contributed by atoms with van der Waals surface area (Å²) in [6, 6.07) is 9.92. The fraction of sp³-hybridized carbons (Fsp3) is 0.636. The molecule has 0 unspecified atom stereocenters. The van der Waals surface area contributed by atoms with Crippen LogP contribution in [0.3, 0.4) is 0 Å². The van der Waals surface area contributed by atoms with Crippen LogP contribution in [0.15, 0.2) is 30.3 Å². The van der Waals surface area contributed by atoms with E-state index in [0.29, 0.717) is 5.75 Å². The molecule has 1 saturated heterocycles. The number of nitrogens with zero attached hydrogens (tertiary/aromatic N) is 1. The molecule has 2 fully saturated rings. The first-order chi connectivity index (χ1) is 13.1. The van der Waals surface area contributed by atoms with Crippen molar-refractivity contribution >= 4 is 23.6 Å². The monoisotopic (exact) mass is 389 g/mol. The van der Waals surface area contributed by atoms with Crippen molar-refractivity contribution in [1.29, 1.82) is 0 Å². The van der Waals surface area contributed by atoms with Crippen LogP contribution in [-0.4, -0.2) is 40.0 Å². The maximum atomic E-state index is 13.3. The van der Waals surface area contributed by atoms with Gasteiger partial charge in [0.15, 0.2) is 0 Å². The van der Waals surface area contributed by atoms with Crippen molar-refractivity contribution in [2.24, 2.45) is 5.92 Å². The molecule has 0 radical (unpaired) electrons. The number of amides is 1. The number of rotatable bonds is 6. The third-order valence-corrected chi connectivity index (χ3v) is 6.80. The lowest BCUT2D eigenvalue weighted by atomic mass is 9.88. The van der Waals surface area contributed by atoms with Crippen LogP contribution >= 0.6 is 11.8 Å². The summed E-state index contributed by atoms with van der Waals surface area (Å²) >= 11 is 1.73. The highest BCUT2D eigenvalue weighted by Gasteiger charge is 2.44.